The van der Waals surface area contributed by atoms with Crippen LogP contribution in [0.1, 0.15) is 28.4 Å². The number of carbonyl (C=O) groups is 2. The Bertz CT molecular complexity index is 1400. The topological polar surface area (TPSA) is 113 Å². The van der Waals surface area contributed by atoms with Crippen LogP contribution in [0.5, 0.6) is 11.5 Å². The number of ketones is 1. The quantitative estimate of drug-likeness (QED) is 0.340. The fraction of sp³-hybridized carbons (Fsp3) is 0.345. The van der Waals surface area contributed by atoms with Crippen LogP contribution < -0.4 is 15.0 Å². The van der Waals surface area contributed by atoms with Crippen LogP contribution in [0.2, 0.25) is 5.02 Å². The van der Waals surface area contributed by atoms with Crippen LogP contribution in [-0.4, -0.2) is 67.7 Å². The molecule has 40 heavy (non-hydrogen) atoms. The van der Waals surface area contributed by atoms with Gasteiger partial charge in [0, 0.05) is 35.1 Å². The van der Waals surface area contributed by atoms with Gasteiger partial charge in [0.2, 0.25) is 0 Å². The first kappa shape index (κ1) is 29.3. The number of hydrogen-bond acceptors (Lipinski definition) is 7. The van der Waals surface area contributed by atoms with E-state index in [2.05, 4.69) is 0 Å². The summed E-state index contributed by atoms with van der Waals surface area (Å²) in [6, 6.07) is 11.2. The minimum atomic E-state index is -1.07. The molecular weight excluding hydrogens is 545 g/mol. The minimum Gasteiger partial charge on any atom is -0.495 e. The number of aromatic nitrogens is 1. The Labute approximate surface area is 235 Å². The highest BCUT2D eigenvalue weighted by atomic mass is 35.5. The molecule has 4 rings (SSSR count). The summed E-state index contributed by atoms with van der Waals surface area (Å²) in [6.07, 6.45) is 1.18. The second-order valence-electron chi connectivity index (χ2n) is 9.14. The lowest BCUT2D eigenvalue weighted by molar-refractivity contribution is -0.126. The maximum absolute atomic E-state index is 13.6. The van der Waals surface area contributed by atoms with E-state index in [1.807, 2.05) is 0 Å². The zero-order chi connectivity index (χ0) is 28.6. The van der Waals surface area contributed by atoms with E-state index in [1.54, 1.807) is 30.3 Å². The van der Waals surface area contributed by atoms with Crippen LogP contribution in [-0.2, 0) is 20.7 Å². The Balaban J connectivity index is 1.72. The molecule has 1 N–H and O–H groups in total. The maximum atomic E-state index is 13.6. The summed E-state index contributed by atoms with van der Waals surface area (Å²) in [4.78, 5) is 38.4. The zero-order valence-corrected chi connectivity index (χ0v) is 22.6. The summed E-state index contributed by atoms with van der Waals surface area (Å²) < 4.78 is 36.5. The van der Waals surface area contributed by atoms with Gasteiger partial charge in [-0.05, 0) is 35.9 Å². The van der Waals surface area contributed by atoms with Crippen molar-refractivity contribution in [1.29, 1.82) is 0 Å². The van der Waals surface area contributed by atoms with Gasteiger partial charge in [-0.25, -0.2) is 9.18 Å². The number of benzene rings is 2. The van der Waals surface area contributed by atoms with Crippen LogP contribution in [0.4, 0.5) is 4.39 Å². The molecule has 2 atom stereocenters. The van der Waals surface area contributed by atoms with Crippen molar-refractivity contribution < 1.29 is 38.0 Å². The van der Waals surface area contributed by atoms with Crippen molar-refractivity contribution in [1.82, 2.24) is 4.57 Å². The molecular formula is C29H29ClFNO8. The highest BCUT2D eigenvalue weighted by Crippen LogP contribution is 2.38. The summed E-state index contributed by atoms with van der Waals surface area (Å²) in [7, 11) is 1.43. The number of halogens is 2. The molecule has 3 aromatic rings. The van der Waals surface area contributed by atoms with E-state index in [4.69, 9.17) is 35.7 Å². The highest BCUT2D eigenvalue weighted by molar-refractivity contribution is 6.31. The van der Waals surface area contributed by atoms with Crippen molar-refractivity contribution in [3.05, 3.63) is 81.2 Å². The molecule has 1 aromatic heterocycles. The predicted octanol–water partition coefficient (Wildman–Crippen LogP) is 4.38. The lowest BCUT2D eigenvalue weighted by atomic mass is 9.97. The molecule has 1 fully saturated rings. The number of hydrogen-bond donors (Lipinski definition) is 1. The van der Waals surface area contributed by atoms with Crippen molar-refractivity contribution >= 4 is 23.4 Å². The Morgan fingerprint density at radius 3 is 2.52 bits per heavy atom. The van der Waals surface area contributed by atoms with Crippen LogP contribution in [0.15, 0.2) is 59.5 Å². The van der Waals surface area contributed by atoms with Crippen molar-refractivity contribution in [2.24, 2.45) is 0 Å². The third kappa shape index (κ3) is 7.07. The largest absolute Gasteiger partial charge is 0.495 e. The number of methoxy groups -OCH3 is 1. The SMILES string of the molecule is COc1cn(C(CC2COCCO2)C(=O)Cc2ccc(C(=O)O)cc2)c(=O)cc1-c1cc(Cl)ccc1OCCF. The van der Waals surface area contributed by atoms with E-state index in [0.29, 0.717) is 40.7 Å². The first-order valence-corrected chi connectivity index (χ1v) is 13.0. The molecule has 0 saturated carbocycles. The van der Waals surface area contributed by atoms with Gasteiger partial charge in [0.25, 0.3) is 5.56 Å². The number of carboxylic acids is 1. The van der Waals surface area contributed by atoms with Gasteiger partial charge in [-0.15, -0.1) is 0 Å². The number of carboxylic acid groups (broad SMARTS) is 1. The molecule has 1 aliphatic heterocycles. The molecule has 2 unspecified atom stereocenters. The molecule has 0 aliphatic carbocycles. The number of alkyl halides is 1. The van der Waals surface area contributed by atoms with Gasteiger partial charge in [-0.2, -0.15) is 0 Å². The molecule has 1 saturated heterocycles. The number of nitrogens with zero attached hydrogens (tertiary/aromatic N) is 1. The Morgan fingerprint density at radius 2 is 1.88 bits per heavy atom. The third-order valence-corrected chi connectivity index (χ3v) is 6.72. The lowest BCUT2D eigenvalue weighted by Crippen LogP contribution is -2.37. The normalized spacial score (nSPS) is 15.8. The van der Waals surface area contributed by atoms with Crippen molar-refractivity contribution in [2.45, 2.75) is 25.0 Å². The average Bonchev–Trinajstić information content (AvgIpc) is 2.96. The van der Waals surface area contributed by atoms with E-state index in [1.165, 1.54) is 36.1 Å². The van der Waals surface area contributed by atoms with Gasteiger partial charge < -0.3 is 28.6 Å². The number of pyridine rings is 1. The van der Waals surface area contributed by atoms with Gasteiger partial charge in [-0.3, -0.25) is 9.59 Å². The average molecular weight is 574 g/mol. The molecule has 2 aromatic carbocycles. The van der Waals surface area contributed by atoms with E-state index >= 15 is 0 Å². The van der Waals surface area contributed by atoms with Gasteiger partial charge in [0.15, 0.2) is 5.78 Å². The van der Waals surface area contributed by atoms with E-state index in [9.17, 15) is 18.8 Å². The van der Waals surface area contributed by atoms with E-state index in [0.717, 1.165) is 0 Å². The zero-order valence-electron chi connectivity index (χ0n) is 21.8. The Hall–Kier alpha value is -3.73. The van der Waals surface area contributed by atoms with Gasteiger partial charge in [0.1, 0.15) is 24.8 Å². The predicted molar refractivity (Wildman–Crippen MR) is 145 cm³/mol. The van der Waals surface area contributed by atoms with Crippen LogP contribution in [0.25, 0.3) is 11.1 Å². The fourth-order valence-corrected chi connectivity index (χ4v) is 4.71. The first-order valence-electron chi connectivity index (χ1n) is 12.6. The molecule has 9 nitrogen and oxygen atoms in total. The van der Waals surface area contributed by atoms with Crippen LogP contribution in [0.3, 0.4) is 0 Å². The number of Topliss-reactive ketones (excluding diaryl/α,β-unsaturated/α-hetero) is 1. The fourth-order valence-electron chi connectivity index (χ4n) is 4.54. The van der Waals surface area contributed by atoms with Gasteiger partial charge >= 0.3 is 5.97 Å². The number of ether oxygens (including phenoxy) is 4. The molecule has 1 aliphatic rings. The third-order valence-electron chi connectivity index (χ3n) is 6.49. The van der Waals surface area contributed by atoms with Gasteiger partial charge in [-0.1, -0.05) is 23.7 Å². The Kier molecular flexibility index (Phi) is 9.92. The van der Waals surface area contributed by atoms with E-state index < -0.39 is 30.3 Å². The standard InChI is InChI=1S/C29H29ClFNO8/c1-37-27-16-32(28(34)15-23(27)22-13-20(30)6-7-26(22)40-9-8-31)24(14-21-17-38-10-11-39-21)25(33)12-18-2-4-19(5-3-18)29(35)36/h2-7,13,15-16,21,24H,8-12,14,17H2,1H3,(H,35,36). The minimum absolute atomic E-state index is 0.0375. The monoisotopic (exact) mass is 573 g/mol. The number of aromatic carboxylic acids is 1. The number of carbonyl (C=O) groups excluding carboxylic acids is 1. The summed E-state index contributed by atoms with van der Waals surface area (Å²) in [5.41, 5.74) is 1.03. The summed E-state index contributed by atoms with van der Waals surface area (Å²) in [5, 5.41) is 9.54. The van der Waals surface area contributed by atoms with Crippen LogP contribution >= 0.6 is 11.6 Å². The molecule has 2 heterocycles. The Morgan fingerprint density at radius 1 is 1.12 bits per heavy atom. The smallest absolute Gasteiger partial charge is 0.335 e. The van der Waals surface area contributed by atoms with Crippen molar-refractivity contribution in [2.75, 3.05) is 40.2 Å². The summed E-state index contributed by atoms with van der Waals surface area (Å²) in [5.74, 6) is -0.746. The van der Waals surface area contributed by atoms with Crippen LogP contribution in [0, 0.1) is 0 Å². The van der Waals surface area contributed by atoms with Crippen molar-refractivity contribution in [3.8, 4) is 22.6 Å². The maximum Gasteiger partial charge on any atom is 0.335 e. The lowest BCUT2D eigenvalue weighted by Gasteiger charge is -2.28. The second kappa shape index (κ2) is 13.6. The molecule has 0 radical (unpaired) electrons. The molecule has 0 spiro atoms. The second-order valence-corrected chi connectivity index (χ2v) is 9.58. The molecule has 0 bridgehead atoms. The van der Waals surface area contributed by atoms with Crippen molar-refractivity contribution in [3.63, 3.8) is 0 Å². The highest BCUT2D eigenvalue weighted by Gasteiger charge is 2.29. The molecule has 212 valence electrons. The molecule has 0 amide bonds. The van der Waals surface area contributed by atoms with E-state index in [-0.39, 0.29) is 43.2 Å². The summed E-state index contributed by atoms with van der Waals surface area (Å²) in [6.45, 7) is 0.215. The number of rotatable bonds is 12. The van der Waals surface area contributed by atoms with Gasteiger partial charge in [0.05, 0.1) is 50.8 Å². The summed E-state index contributed by atoms with van der Waals surface area (Å²) >= 11 is 6.22. The molecule has 11 heteroatoms. The first-order chi connectivity index (χ1) is 19.3.